The van der Waals surface area contributed by atoms with Crippen molar-refractivity contribution in [2.45, 2.75) is 20.4 Å². The molecule has 30 heavy (non-hydrogen) atoms. The van der Waals surface area contributed by atoms with E-state index in [1.807, 2.05) is 6.07 Å². The number of rotatable bonds is 8. The molecule has 1 heterocycles. The Morgan fingerprint density at radius 1 is 1.33 bits per heavy atom. The lowest BCUT2D eigenvalue weighted by Crippen LogP contribution is -2.34. The van der Waals surface area contributed by atoms with Crippen molar-refractivity contribution in [2.75, 3.05) is 25.6 Å². The summed E-state index contributed by atoms with van der Waals surface area (Å²) in [6.07, 6.45) is 1.51. The highest BCUT2D eigenvalue weighted by Gasteiger charge is 2.14. The lowest BCUT2D eigenvalue weighted by molar-refractivity contribution is -0.142. The van der Waals surface area contributed by atoms with Crippen LogP contribution >= 0.6 is 11.3 Å². The summed E-state index contributed by atoms with van der Waals surface area (Å²) in [6.45, 7) is 4.00. The van der Waals surface area contributed by atoms with Gasteiger partial charge in [-0.2, -0.15) is 5.26 Å². The van der Waals surface area contributed by atoms with Gasteiger partial charge in [-0.15, -0.1) is 11.3 Å². The number of esters is 1. The van der Waals surface area contributed by atoms with Gasteiger partial charge in [0.15, 0.2) is 12.2 Å². The molecule has 0 saturated carbocycles. The number of hydrogen-bond donors (Lipinski definition) is 2. The second kappa shape index (κ2) is 10.8. The van der Waals surface area contributed by atoms with E-state index in [2.05, 4.69) is 15.4 Å². The van der Waals surface area contributed by atoms with Crippen molar-refractivity contribution < 1.29 is 19.1 Å². The van der Waals surface area contributed by atoms with Gasteiger partial charge in [-0.3, -0.25) is 14.2 Å². The van der Waals surface area contributed by atoms with Gasteiger partial charge in [0, 0.05) is 31.0 Å². The summed E-state index contributed by atoms with van der Waals surface area (Å²) in [4.78, 5) is 36.0. The molecular weight excluding hydrogens is 408 g/mol. The topological polar surface area (TPSA) is 122 Å². The molecule has 0 saturated heterocycles. The number of carbonyl (C=O) groups is 2. The summed E-state index contributed by atoms with van der Waals surface area (Å²) >= 11 is 1.06. The Labute approximate surface area is 176 Å². The van der Waals surface area contributed by atoms with Crippen LogP contribution in [-0.2, 0) is 20.9 Å². The van der Waals surface area contributed by atoms with E-state index in [0.29, 0.717) is 33.7 Å². The minimum absolute atomic E-state index is 0.0985. The van der Waals surface area contributed by atoms with Gasteiger partial charge in [0.1, 0.15) is 21.0 Å². The monoisotopic (exact) mass is 430 g/mol. The Balaban J connectivity index is 2.39. The zero-order chi connectivity index (χ0) is 22.1. The molecule has 0 atom stereocenters. The van der Waals surface area contributed by atoms with E-state index in [0.717, 1.165) is 11.3 Å². The smallest absolute Gasteiger partial charge is 0.343 e. The van der Waals surface area contributed by atoms with Crippen molar-refractivity contribution in [3.63, 3.8) is 0 Å². The predicted molar refractivity (Wildman–Crippen MR) is 113 cm³/mol. The number of hydrogen-bond acceptors (Lipinski definition) is 8. The molecule has 2 aromatic rings. The van der Waals surface area contributed by atoms with E-state index in [1.165, 1.54) is 17.9 Å². The van der Waals surface area contributed by atoms with Crippen LogP contribution in [-0.4, -0.2) is 36.7 Å². The Kier molecular flexibility index (Phi) is 8.19. The van der Waals surface area contributed by atoms with Gasteiger partial charge in [-0.1, -0.05) is 6.07 Å². The minimum Gasteiger partial charge on any atom is -0.482 e. The molecule has 1 aromatic carbocycles. The zero-order valence-electron chi connectivity index (χ0n) is 16.9. The van der Waals surface area contributed by atoms with Crippen molar-refractivity contribution >= 4 is 40.7 Å². The molecule has 2 N–H and O–H groups in total. The van der Waals surface area contributed by atoms with Crippen molar-refractivity contribution in [1.82, 2.24) is 9.88 Å². The Morgan fingerprint density at radius 3 is 2.73 bits per heavy atom. The summed E-state index contributed by atoms with van der Waals surface area (Å²) in [5.41, 5.74) is 0.224. The summed E-state index contributed by atoms with van der Waals surface area (Å²) in [5, 5.41) is 15.0. The number of methoxy groups -OCH3 is 1. The number of nitrogens with zero attached hydrogens (tertiary/aromatic N) is 2. The molecule has 0 aliphatic carbocycles. The maximum absolute atomic E-state index is 12.7. The van der Waals surface area contributed by atoms with E-state index < -0.39 is 11.9 Å². The second-order valence-electron chi connectivity index (χ2n) is 5.85. The maximum atomic E-state index is 12.7. The van der Waals surface area contributed by atoms with Crippen LogP contribution in [0.25, 0.3) is 11.8 Å². The third kappa shape index (κ3) is 5.48. The largest absolute Gasteiger partial charge is 0.482 e. The molecule has 0 unspecified atom stereocenters. The average molecular weight is 430 g/mol. The van der Waals surface area contributed by atoms with Gasteiger partial charge >= 0.3 is 5.97 Å². The van der Waals surface area contributed by atoms with E-state index in [4.69, 9.17) is 4.74 Å². The zero-order valence-corrected chi connectivity index (χ0v) is 17.7. The first-order valence-electron chi connectivity index (χ1n) is 9.13. The van der Waals surface area contributed by atoms with E-state index >= 15 is 0 Å². The van der Waals surface area contributed by atoms with E-state index in [9.17, 15) is 19.6 Å². The quantitative estimate of drug-likeness (QED) is 0.571. The standard InChI is InChI=1S/C20H22N4O5S/c1-4-22-18(26)15(10-21)20-24(5-2)19(27)16(30-20)11-23-13-7-6-8-14(9-13)29-12-17(25)28-3/h6-9,11,23H,4-5,12H2,1-3H3,(H,22,26). The van der Waals surface area contributed by atoms with Gasteiger partial charge in [-0.25, -0.2) is 4.79 Å². The predicted octanol–water partition coefficient (Wildman–Crippen LogP) is 0.142. The lowest BCUT2D eigenvalue weighted by Gasteiger charge is -2.06. The molecular formula is C20H22N4O5S. The van der Waals surface area contributed by atoms with E-state index in [1.54, 1.807) is 38.1 Å². The van der Waals surface area contributed by atoms with Gasteiger partial charge < -0.3 is 20.1 Å². The van der Waals surface area contributed by atoms with Gasteiger partial charge in [-0.05, 0) is 26.0 Å². The maximum Gasteiger partial charge on any atom is 0.343 e. The number of thiazole rings is 1. The highest BCUT2D eigenvalue weighted by atomic mass is 32.1. The first-order chi connectivity index (χ1) is 14.4. The Hall–Kier alpha value is -3.58. The van der Waals surface area contributed by atoms with Crippen molar-refractivity contribution in [2.24, 2.45) is 0 Å². The second-order valence-corrected chi connectivity index (χ2v) is 6.88. The van der Waals surface area contributed by atoms with Crippen LogP contribution in [0, 0.1) is 11.3 Å². The third-order valence-electron chi connectivity index (χ3n) is 3.90. The molecule has 2 rings (SSSR count). The summed E-state index contributed by atoms with van der Waals surface area (Å²) in [5.74, 6) is -0.561. The first kappa shape index (κ1) is 22.7. The molecule has 9 nitrogen and oxygen atoms in total. The number of nitriles is 1. The molecule has 1 aromatic heterocycles. The number of benzene rings is 1. The fraction of sp³-hybridized carbons (Fsp3) is 0.300. The molecule has 0 bridgehead atoms. The summed E-state index contributed by atoms with van der Waals surface area (Å²) < 4.78 is 11.9. The first-order valence-corrected chi connectivity index (χ1v) is 9.95. The summed E-state index contributed by atoms with van der Waals surface area (Å²) in [7, 11) is 1.28. The number of anilines is 1. The molecule has 1 amide bonds. The Bertz CT molecular complexity index is 1140. The number of carbonyl (C=O) groups excluding carboxylic acids is 2. The van der Waals surface area contributed by atoms with Gasteiger partial charge in [0.2, 0.25) is 0 Å². The van der Waals surface area contributed by atoms with Crippen LogP contribution < -0.4 is 30.1 Å². The molecule has 0 fully saturated rings. The van der Waals surface area contributed by atoms with E-state index in [-0.39, 0.29) is 17.7 Å². The van der Waals surface area contributed by atoms with Crippen molar-refractivity contribution in [3.05, 3.63) is 43.8 Å². The number of aromatic nitrogens is 1. The third-order valence-corrected chi connectivity index (χ3v) is 5.03. The summed E-state index contributed by atoms with van der Waals surface area (Å²) in [6, 6.07) is 8.72. The van der Waals surface area contributed by atoms with Crippen LogP contribution in [0.1, 0.15) is 13.8 Å². The van der Waals surface area contributed by atoms with Crippen molar-refractivity contribution in [1.29, 1.82) is 5.26 Å². The van der Waals surface area contributed by atoms with Crippen LogP contribution in [0.5, 0.6) is 5.75 Å². The van der Waals surface area contributed by atoms with Crippen LogP contribution in [0.4, 0.5) is 5.69 Å². The fourth-order valence-electron chi connectivity index (χ4n) is 2.46. The molecule has 0 aliphatic rings. The molecule has 0 radical (unpaired) electrons. The molecule has 158 valence electrons. The van der Waals surface area contributed by atoms with Crippen molar-refractivity contribution in [3.8, 4) is 11.8 Å². The number of nitrogens with one attached hydrogen (secondary N) is 2. The van der Waals surface area contributed by atoms with Crippen LogP contribution in [0.15, 0.2) is 29.1 Å². The highest BCUT2D eigenvalue weighted by Crippen LogP contribution is 2.17. The molecule has 10 heteroatoms. The highest BCUT2D eigenvalue weighted by molar-refractivity contribution is 7.07. The minimum atomic E-state index is -0.515. The van der Waals surface area contributed by atoms with Crippen LogP contribution in [0.3, 0.4) is 0 Å². The normalized spacial score (nSPS) is 12.0. The molecule has 0 aliphatic heterocycles. The molecule has 0 spiro atoms. The van der Waals surface area contributed by atoms with Gasteiger partial charge in [0.25, 0.3) is 11.5 Å². The van der Waals surface area contributed by atoms with Gasteiger partial charge in [0.05, 0.1) is 7.11 Å². The lowest BCUT2D eigenvalue weighted by atomic mass is 10.3. The number of amides is 1. The fourth-order valence-corrected chi connectivity index (χ4v) is 3.55. The average Bonchev–Trinajstić information content (AvgIpc) is 3.06. The SMILES string of the molecule is CCNC(=O)C(C#N)=c1sc(=CNc2cccc(OCC(=O)OC)c2)c(=O)n1CC. The van der Waals surface area contributed by atoms with Crippen LogP contribution in [0.2, 0.25) is 0 Å². The Morgan fingerprint density at radius 2 is 2.10 bits per heavy atom. The number of ether oxygens (including phenoxy) is 2.